The van der Waals surface area contributed by atoms with Crippen LogP contribution in [0, 0.1) is 0 Å². The van der Waals surface area contributed by atoms with Gasteiger partial charge in [-0.25, -0.2) is 4.79 Å². The average Bonchev–Trinajstić information content (AvgIpc) is 2.57. The Hall–Kier alpha value is -3.26. The lowest BCUT2D eigenvalue weighted by molar-refractivity contribution is -0.0226. The highest BCUT2D eigenvalue weighted by atomic mass is 16.6. The molecular weight excluding hydrogens is 332 g/mol. The van der Waals surface area contributed by atoms with Gasteiger partial charge < -0.3 is 29.2 Å². The van der Waals surface area contributed by atoms with Crippen molar-refractivity contribution >= 4 is 12.4 Å². The van der Waals surface area contributed by atoms with Crippen molar-refractivity contribution in [3.63, 3.8) is 0 Å². The highest BCUT2D eigenvalue weighted by Gasteiger charge is 2.37. The van der Waals surface area contributed by atoms with Gasteiger partial charge in [0.05, 0.1) is 12.7 Å². The van der Waals surface area contributed by atoms with E-state index in [1.54, 1.807) is 13.0 Å². The molecule has 1 aromatic heterocycles. The van der Waals surface area contributed by atoms with Crippen molar-refractivity contribution in [2.75, 3.05) is 7.11 Å². The first-order valence-electron chi connectivity index (χ1n) is 7.21. The maximum absolute atomic E-state index is 12.4. The van der Waals surface area contributed by atoms with Gasteiger partial charge in [-0.2, -0.15) is 0 Å². The molecule has 25 heavy (non-hydrogen) atoms. The van der Waals surface area contributed by atoms with Crippen molar-refractivity contribution in [3.05, 3.63) is 39.4 Å². The molecule has 0 aliphatic carbocycles. The zero-order valence-electron chi connectivity index (χ0n) is 13.3. The number of hydrogen-bond donors (Lipinski definition) is 3. The third-order valence-electron chi connectivity index (χ3n) is 3.80. The standard InChI is InChI=1S/C17H14O8/c1-3-4-7-5-9-11(17(22)24-7)12-10(16(21)25-9)8(6-18)15(23-2)14(20)13(12)19/h3-6,16,19-21H,1-2H3/b4-3+. The topological polar surface area (TPSA) is 126 Å². The summed E-state index contributed by atoms with van der Waals surface area (Å²) in [6.45, 7) is 1.72. The van der Waals surface area contributed by atoms with Gasteiger partial charge in [-0.3, -0.25) is 4.79 Å². The zero-order valence-corrected chi connectivity index (χ0v) is 13.3. The third-order valence-corrected chi connectivity index (χ3v) is 3.80. The molecule has 0 bridgehead atoms. The van der Waals surface area contributed by atoms with Crippen molar-refractivity contribution in [1.29, 1.82) is 0 Å². The quantitative estimate of drug-likeness (QED) is 0.568. The van der Waals surface area contributed by atoms with E-state index in [-0.39, 0.29) is 39.5 Å². The van der Waals surface area contributed by atoms with Gasteiger partial charge in [0.15, 0.2) is 17.8 Å². The van der Waals surface area contributed by atoms with Gasteiger partial charge in [0.25, 0.3) is 0 Å². The van der Waals surface area contributed by atoms with Crippen LogP contribution >= 0.6 is 0 Å². The van der Waals surface area contributed by atoms with Crippen molar-refractivity contribution in [1.82, 2.24) is 0 Å². The fourth-order valence-corrected chi connectivity index (χ4v) is 2.80. The molecule has 0 amide bonds. The van der Waals surface area contributed by atoms with E-state index < -0.39 is 23.4 Å². The predicted molar refractivity (Wildman–Crippen MR) is 86.0 cm³/mol. The van der Waals surface area contributed by atoms with Gasteiger partial charge in [-0.1, -0.05) is 6.08 Å². The number of aldehydes is 1. The van der Waals surface area contributed by atoms with Gasteiger partial charge in [0, 0.05) is 17.2 Å². The van der Waals surface area contributed by atoms with Gasteiger partial charge in [-0.05, 0) is 13.0 Å². The van der Waals surface area contributed by atoms with Crippen LogP contribution in [0.3, 0.4) is 0 Å². The number of aliphatic hydroxyl groups is 1. The highest BCUT2D eigenvalue weighted by molar-refractivity contribution is 5.94. The lowest BCUT2D eigenvalue weighted by Crippen LogP contribution is -2.21. The number of benzene rings is 1. The molecule has 2 heterocycles. The Kier molecular flexibility index (Phi) is 3.97. The minimum absolute atomic E-state index is 0.0546. The van der Waals surface area contributed by atoms with E-state index in [1.807, 2.05) is 0 Å². The normalized spacial score (nSPS) is 15.4. The van der Waals surface area contributed by atoms with E-state index in [9.17, 15) is 24.9 Å². The molecule has 1 aliphatic rings. The van der Waals surface area contributed by atoms with Crippen LogP contribution in [0.4, 0.5) is 0 Å². The summed E-state index contributed by atoms with van der Waals surface area (Å²) in [5.74, 6) is -1.68. The summed E-state index contributed by atoms with van der Waals surface area (Å²) in [7, 11) is 1.18. The second-order valence-electron chi connectivity index (χ2n) is 5.20. The van der Waals surface area contributed by atoms with Crippen LogP contribution in [0.5, 0.6) is 23.0 Å². The van der Waals surface area contributed by atoms with E-state index in [0.29, 0.717) is 6.29 Å². The Morgan fingerprint density at radius 1 is 1.24 bits per heavy atom. The summed E-state index contributed by atoms with van der Waals surface area (Å²) in [5, 5.41) is 30.7. The molecule has 8 heteroatoms. The largest absolute Gasteiger partial charge is 0.504 e. The van der Waals surface area contributed by atoms with Crippen molar-refractivity contribution in [2.24, 2.45) is 0 Å². The molecular formula is C17H14O8. The summed E-state index contributed by atoms with van der Waals surface area (Å²) in [6, 6.07) is 1.35. The second-order valence-corrected chi connectivity index (χ2v) is 5.20. The van der Waals surface area contributed by atoms with Crippen LogP contribution in [0.1, 0.15) is 34.9 Å². The number of fused-ring (bicyclic) bond motifs is 3. The van der Waals surface area contributed by atoms with Crippen LogP contribution in [0.25, 0.3) is 17.2 Å². The van der Waals surface area contributed by atoms with E-state index in [1.165, 1.54) is 19.3 Å². The Morgan fingerprint density at radius 3 is 2.56 bits per heavy atom. The Bertz CT molecular complexity index is 954. The van der Waals surface area contributed by atoms with E-state index in [4.69, 9.17) is 13.9 Å². The number of phenolic OH excluding ortho intramolecular Hbond substituents is 2. The number of rotatable bonds is 3. The molecule has 130 valence electrons. The van der Waals surface area contributed by atoms with Crippen LogP contribution in [-0.2, 0) is 0 Å². The number of methoxy groups -OCH3 is 1. The number of carbonyl (C=O) groups is 1. The van der Waals surface area contributed by atoms with Gasteiger partial charge in [-0.15, -0.1) is 0 Å². The van der Waals surface area contributed by atoms with Crippen LogP contribution in [-0.4, -0.2) is 28.7 Å². The lowest BCUT2D eigenvalue weighted by atomic mass is 9.91. The molecule has 1 aromatic carbocycles. The SMILES string of the molecule is C/C=C/c1cc2c(c(=O)o1)-c1c(O)c(O)c(OC)c(C=O)c1C(O)O2. The molecule has 1 atom stereocenters. The molecule has 3 N–H and O–H groups in total. The van der Waals surface area contributed by atoms with Crippen molar-refractivity contribution in [2.45, 2.75) is 13.2 Å². The predicted octanol–water partition coefficient (Wildman–Crippen LogP) is 1.96. The number of aliphatic hydroxyl groups excluding tert-OH is 1. The molecule has 2 aromatic rings. The fraction of sp³-hybridized carbons (Fsp3) is 0.176. The Labute approximate surface area is 141 Å². The van der Waals surface area contributed by atoms with Gasteiger partial charge in [0.2, 0.25) is 12.0 Å². The van der Waals surface area contributed by atoms with Crippen LogP contribution in [0.2, 0.25) is 0 Å². The monoisotopic (exact) mass is 346 g/mol. The van der Waals surface area contributed by atoms with Crippen LogP contribution in [0.15, 0.2) is 21.4 Å². The third kappa shape index (κ3) is 2.34. The molecule has 0 spiro atoms. The van der Waals surface area contributed by atoms with Crippen molar-refractivity contribution in [3.8, 4) is 34.1 Å². The van der Waals surface area contributed by atoms with Crippen molar-refractivity contribution < 1.29 is 34.0 Å². The van der Waals surface area contributed by atoms with E-state index >= 15 is 0 Å². The number of hydrogen-bond acceptors (Lipinski definition) is 8. The average molecular weight is 346 g/mol. The zero-order chi connectivity index (χ0) is 18.3. The summed E-state index contributed by atoms with van der Waals surface area (Å²) in [4.78, 5) is 23.8. The molecule has 0 saturated heterocycles. The van der Waals surface area contributed by atoms with Crippen LogP contribution < -0.4 is 15.1 Å². The Balaban J connectivity index is 2.45. The highest BCUT2D eigenvalue weighted by Crippen LogP contribution is 2.53. The number of phenols is 2. The maximum atomic E-state index is 12.4. The summed E-state index contributed by atoms with van der Waals surface area (Å²) in [6.07, 6.45) is 1.80. The lowest BCUT2D eigenvalue weighted by Gasteiger charge is -2.27. The summed E-state index contributed by atoms with van der Waals surface area (Å²) < 4.78 is 15.3. The first-order chi connectivity index (χ1) is 11.9. The maximum Gasteiger partial charge on any atom is 0.348 e. The molecule has 0 saturated carbocycles. The molecule has 8 nitrogen and oxygen atoms in total. The van der Waals surface area contributed by atoms with Gasteiger partial charge in [0.1, 0.15) is 17.1 Å². The smallest absolute Gasteiger partial charge is 0.348 e. The minimum Gasteiger partial charge on any atom is -0.504 e. The number of carbonyl (C=O) groups excluding carboxylic acids is 1. The first kappa shape index (κ1) is 16.6. The van der Waals surface area contributed by atoms with Gasteiger partial charge >= 0.3 is 5.63 Å². The summed E-state index contributed by atoms with van der Waals surface area (Å²) >= 11 is 0. The summed E-state index contributed by atoms with van der Waals surface area (Å²) in [5.41, 5.74) is -1.76. The molecule has 3 rings (SSSR count). The molecule has 0 fully saturated rings. The number of aromatic hydroxyl groups is 2. The van der Waals surface area contributed by atoms with E-state index in [0.717, 1.165) is 0 Å². The fourth-order valence-electron chi connectivity index (χ4n) is 2.80. The number of allylic oxidation sites excluding steroid dienone is 1. The second kappa shape index (κ2) is 5.99. The molecule has 1 unspecified atom stereocenters. The number of ether oxygens (including phenoxy) is 2. The molecule has 1 aliphatic heterocycles. The first-order valence-corrected chi connectivity index (χ1v) is 7.21. The molecule has 0 radical (unpaired) electrons. The Morgan fingerprint density at radius 2 is 1.96 bits per heavy atom. The minimum atomic E-state index is -1.66. The van der Waals surface area contributed by atoms with E-state index in [2.05, 4.69) is 0 Å².